The van der Waals surface area contributed by atoms with Gasteiger partial charge in [-0.15, -0.1) is 0 Å². The monoisotopic (exact) mass is 331 g/mol. The van der Waals surface area contributed by atoms with E-state index >= 15 is 0 Å². The van der Waals surface area contributed by atoms with Gasteiger partial charge in [-0.25, -0.2) is 4.79 Å². The summed E-state index contributed by atoms with van der Waals surface area (Å²) in [4.78, 5) is 15.0. The Bertz CT molecular complexity index is 537. The van der Waals surface area contributed by atoms with Gasteiger partial charge in [0.2, 0.25) is 0 Å². The number of rotatable bonds is 4. The molecule has 4 nitrogen and oxygen atoms in total. The molecule has 2 aliphatic rings. The van der Waals surface area contributed by atoms with Gasteiger partial charge in [-0.3, -0.25) is 0 Å². The summed E-state index contributed by atoms with van der Waals surface area (Å²) in [6.45, 7) is 8.08. The van der Waals surface area contributed by atoms with Gasteiger partial charge in [0.05, 0.1) is 17.8 Å². The Labute approximate surface area is 145 Å². The molecule has 3 rings (SSSR count). The molecule has 0 unspecified atom stereocenters. The average molecular weight is 331 g/mol. The van der Waals surface area contributed by atoms with Crippen LogP contribution in [0.5, 0.6) is 0 Å². The largest absolute Gasteiger partial charge is 0.458 e. The topological polar surface area (TPSA) is 38.8 Å². The van der Waals surface area contributed by atoms with Crippen LogP contribution in [0.1, 0.15) is 49.9 Å². The molecule has 2 atom stereocenters. The fourth-order valence-electron chi connectivity index (χ4n) is 3.71. The Morgan fingerprint density at radius 1 is 1.21 bits per heavy atom. The second-order valence-electron chi connectivity index (χ2n) is 7.71. The Kier molecular flexibility index (Phi) is 5.57. The van der Waals surface area contributed by atoms with Gasteiger partial charge in [-0.2, -0.15) is 0 Å². The summed E-state index contributed by atoms with van der Waals surface area (Å²) in [6.07, 6.45) is 4.55. The zero-order valence-electron chi connectivity index (χ0n) is 14.9. The number of hydrogen-bond acceptors (Lipinski definition) is 4. The van der Waals surface area contributed by atoms with Crippen molar-refractivity contribution < 1.29 is 14.3 Å². The van der Waals surface area contributed by atoms with E-state index in [0.29, 0.717) is 12.2 Å². The number of ether oxygens (including phenoxy) is 2. The van der Waals surface area contributed by atoms with Crippen LogP contribution in [0.2, 0.25) is 0 Å². The molecule has 0 aliphatic carbocycles. The summed E-state index contributed by atoms with van der Waals surface area (Å²) in [7, 11) is 0. The molecule has 0 radical (unpaired) electrons. The highest BCUT2D eigenvalue weighted by Crippen LogP contribution is 2.31. The van der Waals surface area contributed by atoms with Crippen molar-refractivity contribution in [2.45, 2.75) is 51.2 Å². The van der Waals surface area contributed by atoms with Gasteiger partial charge in [-0.05, 0) is 51.9 Å². The second kappa shape index (κ2) is 7.66. The summed E-state index contributed by atoms with van der Waals surface area (Å²) < 4.78 is 11.9. The van der Waals surface area contributed by atoms with Crippen LogP contribution in [0.25, 0.3) is 0 Å². The molecule has 24 heavy (non-hydrogen) atoms. The van der Waals surface area contributed by atoms with Crippen LogP contribution in [0.15, 0.2) is 30.3 Å². The van der Waals surface area contributed by atoms with E-state index < -0.39 is 0 Å². The zero-order chi connectivity index (χ0) is 17.0. The van der Waals surface area contributed by atoms with E-state index in [1.165, 1.54) is 19.3 Å². The van der Waals surface area contributed by atoms with Crippen molar-refractivity contribution >= 4 is 5.97 Å². The summed E-state index contributed by atoms with van der Waals surface area (Å²) in [5, 5.41) is 0. The third kappa shape index (κ3) is 4.58. The van der Waals surface area contributed by atoms with Crippen LogP contribution >= 0.6 is 0 Å². The van der Waals surface area contributed by atoms with Crippen molar-refractivity contribution in [3.8, 4) is 0 Å². The predicted octanol–water partition coefficient (Wildman–Crippen LogP) is 3.51. The number of likely N-dealkylation sites (tertiary alicyclic amines) is 1. The number of esters is 1. The first-order chi connectivity index (χ1) is 11.5. The van der Waals surface area contributed by atoms with E-state index in [9.17, 15) is 4.79 Å². The van der Waals surface area contributed by atoms with Crippen LogP contribution in [-0.2, 0) is 9.47 Å². The third-order valence-electron chi connectivity index (χ3n) is 5.12. The van der Waals surface area contributed by atoms with E-state index in [2.05, 4.69) is 18.7 Å². The standard InChI is InChI=1S/C20H29NO3/c1-20(2)13-18(24-19(22)16-9-5-3-6-10-16)17(15-23-20)14-21-11-7-4-8-12-21/h3,5-6,9-10,17-18H,4,7-8,11-15H2,1-2H3/t17-,18+/m1/s1. The van der Waals surface area contributed by atoms with Crippen LogP contribution < -0.4 is 0 Å². The molecule has 1 aromatic carbocycles. The lowest BCUT2D eigenvalue weighted by Crippen LogP contribution is -2.49. The van der Waals surface area contributed by atoms with Crippen molar-refractivity contribution in [2.75, 3.05) is 26.2 Å². The number of piperidine rings is 1. The first kappa shape index (κ1) is 17.4. The maximum atomic E-state index is 12.5. The minimum Gasteiger partial charge on any atom is -0.458 e. The van der Waals surface area contributed by atoms with Crippen molar-refractivity contribution in [1.29, 1.82) is 0 Å². The van der Waals surface area contributed by atoms with Gasteiger partial charge in [0.15, 0.2) is 0 Å². The molecule has 2 saturated heterocycles. The van der Waals surface area contributed by atoms with E-state index in [1.54, 1.807) is 0 Å². The van der Waals surface area contributed by atoms with Crippen LogP contribution in [0.4, 0.5) is 0 Å². The molecule has 4 heteroatoms. The summed E-state index contributed by atoms with van der Waals surface area (Å²) in [5.74, 6) is 0.0331. The van der Waals surface area contributed by atoms with Crippen molar-refractivity contribution in [2.24, 2.45) is 5.92 Å². The molecule has 0 amide bonds. The third-order valence-corrected chi connectivity index (χ3v) is 5.12. The second-order valence-corrected chi connectivity index (χ2v) is 7.71. The van der Waals surface area contributed by atoms with E-state index in [1.807, 2.05) is 30.3 Å². The van der Waals surface area contributed by atoms with Gasteiger partial charge in [0.25, 0.3) is 0 Å². The normalized spacial score (nSPS) is 27.6. The Balaban J connectivity index is 1.66. The zero-order valence-corrected chi connectivity index (χ0v) is 14.9. The fourth-order valence-corrected chi connectivity index (χ4v) is 3.71. The SMILES string of the molecule is CC1(C)C[C@H](OC(=O)c2ccccc2)[C@H](CN2CCCCC2)CO1. The van der Waals surface area contributed by atoms with Crippen LogP contribution in [0, 0.1) is 5.92 Å². The van der Waals surface area contributed by atoms with Gasteiger partial charge in [0.1, 0.15) is 6.10 Å². The highest BCUT2D eigenvalue weighted by atomic mass is 16.6. The maximum Gasteiger partial charge on any atom is 0.338 e. The molecular formula is C20H29NO3. The number of carbonyl (C=O) groups excluding carboxylic acids is 1. The number of nitrogens with zero attached hydrogens (tertiary/aromatic N) is 1. The number of hydrogen-bond donors (Lipinski definition) is 0. The molecule has 0 saturated carbocycles. The summed E-state index contributed by atoms with van der Waals surface area (Å²) in [6, 6.07) is 9.28. The number of carbonyl (C=O) groups is 1. The first-order valence-corrected chi connectivity index (χ1v) is 9.16. The quantitative estimate of drug-likeness (QED) is 0.792. The summed E-state index contributed by atoms with van der Waals surface area (Å²) >= 11 is 0. The van der Waals surface area contributed by atoms with Crippen LogP contribution in [0.3, 0.4) is 0 Å². The van der Waals surface area contributed by atoms with Crippen molar-refractivity contribution in [3.63, 3.8) is 0 Å². The van der Waals surface area contributed by atoms with Gasteiger partial charge in [-0.1, -0.05) is 24.6 Å². The molecule has 0 aromatic heterocycles. The lowest BCUT2D eigenvalue weighted by Gasteiger charge is -2.42. The smallest absolute Gasteiger partial charge is 0.338 e. The van der Waals surface area contributed by atoms with Crippen molar-refractivity contribution in [3.05, 3.63) is 35.9 Å². The molecule has 1 aromatic rings. The Morgan fingerprint density at radius 2 is 1.92 bits per heavy atom. The molecule has 132 valence electrons. The van der Waals surface area contributed by atoms with Gasteiger partial charge >= 0.3 is 5.97 Å². The highest BCUT2D eigenvalue weighted by molar-refractivity contribution is 5.89. The van der Waals surface area contributed by atoms with E-state index in [-0.39, 0.29) is 23.6 Å². The Hall–Kier alpha value is -1.39. The van der Waals surface area contributed by atoms with Crippen LogP contribution in [-0.4, -0.2) is 48.8 Å². The molecule has 2 heterocycles. The average Bonchev–Trinajstić information content (AvgIpc) is 2.59. The maximum absolute atomic E-state index is 12.5. The van der Waals surface area contributed by atoms with E-state index in [0.717, 1.165) is 26.1 Å². The minimum atomic E-state index is -0.236. The van der Waals surface area contributed by atoms with E-state index in [4.69, 9.17) is 9.47 Å². The van der Waals surface area contributed by atoms with Gasteiger partial charge in [0, 0.05) is 18.9 Å². The predicted molar refractivity (Wildman–Crippen MR) is 94.1 cm³/mol. The molecular weight excluding hydrogens is 302 g/mol. The lowest BCUT2D eigenvalue weighted by molar-refractivity contribution is -0.137. The molecule has 0 spiro atoms. The number of benzene rings is 1. The fraction of sp³-hybridized carbons (Fsp3) is 0.650. The molecule has 2 fully saturated rings. The molecule has 2 aliphatic heterocycles. The lowest BCUT2D eigenvalue weighted by atomic mass is 9.87. The summed E-state index contributed by atoms with van der Waals surface area (Å²) in [5.41, 5.74) is 0.388. The Morgan fingerprint density at radius 3 is 2.62 bits per heavy atom. The first-order valence-electron chi connectivity index (χ1n) is 9.16. The minimum absolute atomic E-state index is 0.0802. The molecule has 0 bridgehead atoms. The van der Waals surface area contributed by atoms with Gasteiger partial charge < -0.3 is 14.4 Å². The molecule has 0 N–H and O–H groups in total. The highest BCUT2D eigenvalue weighted by Gasteiger charge is 2.39. The van der Waals surface area contributed by atoms with Crippen molar-refractivity contribution in [1.82, 2.24) is 4.90 Å².